The Morgan fingerprint density at radius 1 is 1.30 bits per heavy atom. The highest BCUT2D eigenvalue weighted by Gasteiger charge is 2.22. The number of hydrogen-bond donors (Lipinski definition) is 3. The average molecular weight is 290 g/mol. The summed E-state index contributed by atoms with van der Waals surface area (Å²) in [7, 11) is 0. The van der Waals surface area contributed by atoms with Crippen LogP contribution < -0.4 is 11.1 Å². The van der Waals surface area contributed by atoms with Crippen LogP contribution in [0.15, 0.2) is 35.7 Å². The maximum absolute atomic E-state index is 12.2. The maximum Gasteiger partial charge on any atom is 0.325 e. The zero-order valence-electron chi connectivity index (χ0n) is 10.8. The number of benzene rings is 1. The Morgan fingerprint density at radius 2 is 1.95 bits per heavy atom. The van der Waals surface area contributed by atoms with Crippen molar-refractivity contribution in [2.45, 2.75) is 13.0 Å². The average Bonchev–Trinajstić information content (AvgIpc) is 2.81. The van der Waals surface area contributed by atoms with Crippen LogP contribution in [-0.4, -0.2) is 23.0 Å². The summed E-state index contributed by atoms with van der Waals surface area (Å²) in [4.78, 5) is 23.0. The number of carbonyl (C=O) groups is 2. The molecule has 1 heterocycles. The van der Waals surface area contributed by atoms with Gasteiger partial charge in [-0.15, -0.1) is 11.3 Å². The first-order valence-electron chi connectivity index (χ1n) is 5.96. The van der Waals surface area contributed by atoms with E-state index in [-0.39, 0.29) is 0 Å². The van der Waals surface area contributed by atoms with Crippen molar-refractivity contribution < 1.29 is 14.7 Å². The summed E-state index contributed by atoms with van der Waals surface area (Å²) in [5, 5.41) is 13.4. The van der Waals surface area contributed by atoms with E-state index >= 15 is 0 Å². The molecule has 1 amide bonds. The van der Waals surface area contributed by atoms with Gasteiger partial charge < -0.3 is 16.2 Å². The molecule has 0 fully saturated rings. The third-order valence-electron chi connectivity index (χ3n) is 2.85. The van der Waals surface area contributed by atoms with Gasteiger partial charge in [0.25, 0.3) is 5.91 Å². The summed E-state index contributed by atoms with van der Waals surface area (Å²) < 4.78 is 0. The second-order valence-electron chi connectivity index (χ2n) is 4.29. The van der Waals surface area contributed by atoms with E-state index in [1.807, 2.05) is 30.3 Å². The largest absolute Gasteiger partial charge is 0.480 e. The van der Waals surface area contributed by atoms with Crippen LogP contribution in [-0.2, 0) is 4.79 Å². The molecule has 0 bridgehead atoms. The normalized spacial score (nSPS) is 11.8. The van der Waals surface area contributed by atoms with Crippen molar-refractivity contribution in [1.82, 2.24) is 5.32 Å². The lowest BCUT2D eigenvalue weighted by Gasteiger charge is -2.10. The molecular weight excluding hydrogens is 276 g/mol. The number of rotatable bonds is 4. The highest BCUT2D eigenvalue weighted by Crippen LogP contribution is 2.33. The molecule has 4 N–H and O–H groups in total. The lowest BCUT2D eigenvalue weighted by atomic mass is 10.0. The van der Waals surface area contributed by atoms with Crippen LogP contribution >= 0.6 is 11.3 Å². The number of carbonyl (C=O) groups excluding carboxylic acids is 1. The summed E-state index contributed by atoms with van der Waals surface area (Å²) in [5.74, 6) is -1.56. The van der Waals surface area contributed by atoms with Crippen molar-refractivity contribution in [1.29, 1.82) is 0 Å². The Bertz CT molecular complexity index is 637. The monoisotopic (exact) mass is 290 g/mol. The van der Waals surface area contributed by atoms with Crippen molar-refractivity contribution in [3.63, 3.8) is 0 Å². The molecule has 1 aromatic heterocycles. The van der Waals surface area contributed by atoms with Gasteiger partial charge in [0.05, 0.1) is 10.6 Å². The molecule has 0 spiro atoms. The van der Waals surface area contributed by atoms with Crippen LogP contribution in [0.25, 0.3) is 11.1 Å². The molecule has 104 valence electrons. The minimum Gasteiger partial charge on any atom is -0.480 e. The first kappa shape index (κ1) is 14.1. The summed E-state index contributed by atoms with van der Waals surface area (Å²) in [6, 6.07) is 8.39. The summed E-state index contributed by atoms with van der Waals surface area (Å²) >= 11 is 1.26. The third-order valence-corrected chi connectivity index (χ3v) is 3.66. The van der Waals surface area contributed by atoms with Gasteiger partial charge in [0.15, 0.2) is 0 Å². The number of aliphatic carboxylic acids is 1. The molecule has 0 radical (unpaired) electrons. The molecule has 0 aliphatic heterocycles. The van der Waals surface area contributed by atoms with Gasteiger partial charge in [-0.3, -0.25) is 9.59 Å². The number of anilines is 1. The molecule has 0 aliphatic carbocycles. The number of thiophene rings is 1. The summed E-state index contributed by atoms with van der Waals surface area (Å²) in [6.07, 6.45) is 0. The minimum absolute atomic E-state index is 0.328. The van der Waals surface area contributed by atoms with E-state index in [0.717, 1.165) is 5.56 Å². The zero-order valence-corrected chi connectivity index (χ0v) is 11.6. The lowest BCUT2D eigenvalue weighted by molar-refractivity contribution is -0.138. The van der Waals surface area contributed by atoms with Crippen molar-refractivity contribution in [2.24, 2.45) is 0 Å². The van der Waals surface area contributed by atoms with E-state index in [4.69, 9.17) is 10.8 Å². The van der Waals surface area contributed by atoms with E-state index in [2.05, 4.69) is 5.32 Å². The predicted molar refractivity (Wildman–Crippen MR) is 78.7 cm³/mol. The van der Waals surface area contributed by atoms with Crippen molar-refractivity contribution >= 4 is 28.2 Å². The SMILES string of the molecule is C[C@@H](NC(=O)c1c(-c2ccccc2)csc1N)C(=O)O. The fourth-order valence-corrected chi connectivity index (χ4v) is 2.59. The number of hydrogen-bond acceptors (Lipinski definition) is 4. The zero-order chi connectivity index (χ0) is 14.7. The highest BCUT2D eigenvalue weighted by molar-refractivity contribution is 7.15. The van der Waals surface area contributed by atoms with Crippen molar-refractivity contribution in [2.75, 3.05) is 5.73 Å². The Morgan fingerprint density at radius 3 is 2.55 bits per heavy atom. The number of carboxylic acid groups (broad SMARTS) is 1. The number of nitrogen functional groups attached to an aromatic ring is 1. The fourth-order valence-electron chi connectivity index (χ4n) is 1.77. The third kappa shape index (κ3) is 2.80. The van der Waals surface area contributed by atoms with Crippen molar-refractivity contribution in [3.05, 3.63) is 41.3 Å². The lowest BCUT2D eigenvalue weighted by Crippen LogP contribution is -2.38. The van der Waals surface area contributed by atoms with E-state index in [9.17, 15) is 9.59 Å². The van der Waals surface area contributed by atoms with Crippen molar-refractivity contribution in [3.8, 4) is 11.1 Å². The van der Waals surface area contributed by atoms with E-state index in [1.54, 1.807) is 5.38 Å². The second kappa shape index (κ2) is 5.75. The molecule has 2 aromatic rings. The maximum atomic E-state index is 12.2. The first-order valence-corrected chi connectivity index (χ1v) is 6.84. The van der Waals surface area contributed by atoms with Crippen LogP contribution in [0, 0.1) is 0 Å². The van der Waals surface area contributed by atoms with Crippen LogP contribution in [0.2, 0.25) is 0 Å². The number of nitrogens with two attached hydrogens (primary N) is 1. The van der Waals surface area contributed by atoms with Gasteiger partial charge >= 0.3 is 5.97 Å². The summed E-state index contributed by atoms with van der Waals surface area (Å²) in [6.45, 7) is 1.41. The number of amides is 1. The van der Waals surface area contributed by atoms with E-state index < -0.39 is 17.9 Å². The molecular formula is C14H14N2O3S. The molecule has 0 saturated carbocycles. The standard InChI is InChI=1S/C14H14N2O3S/c1-8(14(18)19)16-13(17)11-10(7-20-12(11)15)9-5-3-2-4-6-9/h2-8H,15H2,1H3,(H,16,17)(H,18,19)/t8-/m1/s1. The van der Waals surface area contributed by atoms with Crippen LogP contribution in [0.3, 0.4) is 0 Å². The van der Waals surface area contributed by atoms with Gasteiger partial charge in [-0.05, 0) is 12.5 Å². The molecule has 0 saturated heterocycles. The fraction of sp³-hybridized carbons (Fsp3) is 0.143. The van der Waals surface area contributed by atoms with Gasteiger partial charge in [-0.25, -0.2) is 0 Å². The molecule has 0 unspecified atom stereocenters. The first-order chi connectivity index (χ1) is 9.50. The Kier molecular flexibility index (Phi) is 4.05. The quantitative estimate of drug-likeness (QED) is 0.805. The molecule has 2 rings (SSSR count). The van der Waals surface area contributed by atoms with Crippen LogP contribution in [0.1, 0.15) is 17.3 Å². The number of nitrogens with one attached hydrogen (secondary N) is 1. The second-order valence-corrected chi connectivity index (χ2v) is 5.20. The summed E-state index contributed by atoms with van der Waals surface area (Å²) in [5.41, 5.74) is 7.75. The molecule has 6 heteroatoms. The molecule has 20 heavy (non-hydrogen) atoms. The molecule has 1 aromatic carbocycles. The molecule has 1 atom stereocenters. The minimum atomic E-state index is -1.09. The Labute approximate surface area is 120 Å². The Balaban J connectivity index is 2.35. The van der Waals surface area contributed by atoms with Gasteiger partial charge in [-0.1, -0.05) is 30.3 Å². The molecule has 0 aliphatic rings. The number of carboxylic acids is 1. The smallest absolute Gasteiger partial charge is 0.325 e. The van der Waals surface area contributed by atoms with Gasteiger partial charge in [-0.2, -0.15) is 0 Å². The van der Waals surface area contributed by atoms with E-state index in [1.165, 1.54) is 18.3 Å². The molecule has 5 nitrogen and oxygen atoms in total. The van der Waals surface area contributed by atoms with Crippen LogP contribution in [0.5, 0.6) is 0 Å². The van der Waals surface area contributed by atoms with Gasteiger partial charge in [0.1, 0.15) is 6.04 Å². The van der Waals surface area contributed by atoms with Gasteiger partial charge in [0.2, 0.25) is 0 Å². The van der Waals surface area contributed by atoms with Gasteiger partial charge in [0, 0.05) is 10.9 Å². The predicted octanol–water partition coefficient (Wildman–Crippen LogP) is 2.20. The van der Waals surface area contributed by atoms with E-state index in [0.29, 0.717) is 16.1 Å². The highest BCUT2D eigenvalue weighted by atomic mass is 32.1. The van der Waals surface area contributed by atoms with Crippen LogP contribution in [0.4, 0.5) is 5.00 Å². The Hall–Kier alpha value is -2.34. The topological polar surface area (TPSA) is 92.4 Å².